The van der Waals surface area contributed by atoms with Gasteiger partial charge in [0.1, 0.15) is 5.75 Å². The second-order valence-corrected chi connectivity index (χ2v) is 5.23. The van der Waals surface area contributed by atoms with Crippen molar-refractivity contribution in [3.8, 4) is 5.75 Å². The SMILES string of the molecule is Cc1ccc(C(=O)Nc2nnc(C(C)(F)F)s2)cc1O. The number of phenolic OH excluding ortho intramolecular Hbond substituents is 1. The fraction of sp³-hybridized carbons (Fsp3) is 0.250. The summed E-state index contributed by atoms with van der Waals surface area (Å²) in [5.74, 6) is -3.67. The number of aryl methyl sites for hydroxylation is 1. The first-order valence-corrected chi connectivity index (χ1v) is 6.42. The van der Waals surface area contributed by atoms with Crippen molar-refractivity contribution < 1.29 is 18.7 Å². The second-order valence-electron chi connectivity index (χ2n) is 4.26. The molecular weight excluding hydrogens is 288 g/mol. The molecule has 0 aliphatic rings. The highest BCUT2D eigenvalue weighted by molar-refractivity contribution is 7.15. The van der Waals surface area contributed by atoms with E-state index < -0.39 is 16.8 Å². The molecule has 1 amide bonds. The van der Waals surface area contributed by atoms with Crippen LogP contribution in [0.15, 0.2) is 18.2 Å². The average molecular weight is 299 g/mol. The van der Waals surface area contributed by atoms with E-state index in [2.05, 4.69) is 15.5 Å². The molecule has 20 heavy (non-hydrogen) atoms. The molecule has 0 aliphatic carbocycles. The highest BCUT2D eigenvalue weighted by atomic mass is 32.1. The number of amides is 1. The third-order valence-electron chi connectivity index (χ3n) is 2.49. The van der Waals surface area contributed by atoms with Crippen molar-refractivity contribution in [2.75, 3.05) is 5.32 Å². The molecule has 0 saturated heterocycles. The van der Waals surface area contributed by atoms with Crippen LogP contribution < -0.4 is 5.32 Å². The van der Waals surface area contributed by atoms with Gasteiger partial charge < -0.3 is 5.11 Å². The van der Waals surface area contributed by atoms with E-state index in [0.29, 0.717) is 23.8 Å². The number of aromatic nitrogens is 2. The van der Waals surface area contributed by atoms with Crippen molar-refractivity contribution in [1.82, 2.24) is 10.2 Å². The summed E-state index contributed by atoms with van der Waals surface area (Å²) < 4.78 is 26.0. The molecule has 1 heterocycles. The number of rotatable bonds is 3. The average Bonchev–Trinajstić information content (AvgIpc) is 2.81. The summed E-state index contributed by atoms with van der Waals surface area (Å²) in [6, 6.07) is 4.39. The van der Waals surface area contributed by atoms with Gasteiger partial charge in [0.2, 0.25) is 5.13 Å². The Morgan fingerprint density at radius 2 is 2.10 bits per heavy atom. The van der Waals surface area contributed by atoms with E-state index in [1.54, 1.807) is 13.0 Å². The fourth-order valence-electron chi connectivity index (χ4n) is 1.37. The molecule has 8 heteroatoms. The van der Waals surface area contributed by atoms with Crippen molar-refractivity contribution in [3.05, 3.63) is 34.3 Å². The van der Waals surface area contributed by atoms with Gasteiger partial charge in [-0.2, -0.15) is 8.78 Å². The van der Waals surface area contributed by atoms with E-state index in [-0.39, 0.29) is 16.4 Å². The molecule has 0 radical (unpaired) electrons. The van der Waals surface area contributed by atoms with E-state index in [1.807, 2.05) is 0 Å². The maximum Gasteiger partial charge on any atom is 0.298 e. The monoisotopic (exact) mass is 299 g/mol. The first-order valence-electron chi connectivity index (χ1n) is 5.60. The van der Waals surface area contributed by atoms with Crippen LogP contribution in [0.4, 0.5) is 13.9 Å². The van der Waals surface area contributed by atoms with Crippen LogP contribution in [0.3, 0.4) is 0 Å². The van der Waals surface area contributed by atoms with E-state index in [1.165, 1.54) is 12.1 Å². The lowest BCUT2D eigenvalue weighted by atomic mass is 10.1. The third-order valence-corrected chi connectivity index (χ3v) is 3.50. The normalized spacial score (nSPS) is 11.4. The molecule has 2 aromatic rings. The maximum absolute atomic E-state index is 13.0. The Labute approximate surface area is 117 Å². The molecule has 5 nitrogen and oxygen atoms in total. The largest absolute Gasteiger partial charge is 0.508 e. The lowest BCUT2D eigenvalue weighted by Crippen LogP contribution is -2.11. The van der Waals surface area contributed by atoms with Gasteiger partial charge in [0.05, 0.1) is 0 Å². The number of benzene rings is 1. The van der Waals surface area contributed by atoms with Crippen molar-refractivity contribution >= 4 is 22.4 Å². The minimum absolute atomic E-state index is 0.0179. The predicted molar refractivity (Wildman–Crippen MR) is 70.3 cm³/mol. The highest BCUT2D eigenvalue weighted by Crippen LogP contribution is 2.31. The highest BCUT2D eigenvalue weighted by Gasteiger charge is 2.29. The minimum atomic E-state index is -3.09. The van der Waals surface area contributed by atoms with Gasteiger partial charge in [0.15, 0.2) is 5.01 Å². The Morgan fingerprint density at radius 3 is 2.65 bits per heavy atom. The Kier molecular flexibility index (Phi) is 3.67. The number of hydrogen-bond donors (Lipinski definition) is 2. The molecule has 0 bridgehead atoms. The molecule has 2 rings (SSSR count). The molecular formula is C12H11F2N3O2S. The number of phenols is 1. The molecule has 0 aliphatic heterocycles. The third kappa shape index (κ3) is 3.08. The number of carbonyl (C=O) groups is 1. The Balaban J connectivity index is 2.15. The quantitative estimate of drug-likeness (QED) is 0.913. The van der Waals surface area contributed by atoms with Crippen molar-refractivity contribution in [1.29, 1.82) is 0 Å². The number of alkyl halides is 2. The van der Waals surface area contributed by atoms with Crippen LogP contribution in [-0.4, -0.2) is 21.2 Å². The zero-order chi connectivity index (χ0) is 14.9. The van der Waals surface area contributed by atoms with E-state index >= 15 is 0 Å². The van der Waals surface area contributed by atoms with Gasteiger partial charge in [0.25, 0.3) is 11.8 Å². The smallest absolute Gasteiger partial charge is 0.298 e. The summed E-state index contributed by atoms with van der Waals surface area (Å²) in [5.41, 5.74) is 0.832. The van der Waals surface area contributed by atoms with Crippen LogP contribution >= 0.6 is 11.3 Å². The van der Waals surface area contributed by atoms with Gasteiger partial charge in [-0.05, 0) is 24.6 Å². The molecule has 106 valence electrons. The van der Waals surface area contributed by atoms with Crippen molar-refractivity contribution in [2.45, 2.75) is 19.8 Å². The van der Waals surface area contributed by atoms with Crippen LogP contribution in [0, 0.1) is 6.92 Å². The number of anilines is 1. The summed E-state index contributed by atoms with van der Waals surface area (Å²) in [6.07, 6.45) is 0. The summed E-state index contributed by atoms with van der Waals surface area (Å²) in [6.45, 7) is 2.40. The predicted octanol–water partition coefficient (Wildman–Crippen LogP) is 2.92. The van der Waals surface area contributed by atoms with Crippen LogP contribution in [-0.2, 0) is 5.92 Å². The lowest BCUT2D eigenvalue weighted by molar-refractivity contribution is 0.0165. The number of carbonyl (C=O) groups excluding carboxylic acids is 1. The summed E-state index contributed by atoms with van der Waals surface area (Å²) >= 11 is 0.603. The zero-order valence-electron chi connectivity index (χ0n) is 10.6. The Bertz CT molecular complexity index is 652. The lowest BCUT2D eigenvalue weighted by Gasteiger charge is -2.04. The van der Waals surface area contributed by atoms with E-state index in [9.17, 15) is 18.7 Å². The molecule has 1 aromatic heterocycles. The molecule has 0 saturated carbocycles. The van der Waals surface area contributed by atoms with E-state index in [0.717, 1.165) is 0 Å². The molecule has 0 unspecified atom stereocenters. The number of aromatic hydroxyl groups is 1. The first-order chi connectivity index (χ1) is 9.27. The molecule has 1 aromatic carbocycles. The van der Waals surface area contributed by atoms with Gasteiger partial charge in [-0.25, -0.2) is 0 Å². The summed E-state index contributed by atoms with van der Waals surface area (Å²) in [4.78, 5) is 11.9. The second kappa shape index (κ2) is 5.12. The topological polar surface area (TPSA) is 75.1 Å². The molecule has 0 fully saturated rings. The summed E-state index contributed by atoms with van der Waals surface area (Å²) in [7, 11) is 0. The number of nitrogens with zero attached hydrogens (tertiary/aromatic N) is 2. The first kappa shape index (κ1) is 14.3. The Morgan fingerprint density at radius 1 is 1.40 bits per heavy atom. The molecule has 0 atom stereocenters. The van der Waals surface area contributed by atoms with Gasteiger partial charge in [0, 0.05) is 12.5 Å². The zero-order valence-corrected chi connectivity index (χ0v) is 11.5. The van der Waals surface area contributed by atoms with Gasteiger partial charge in [-0.3, -0.25) is 10.1 Å². The van der Waals surface area contributed by atoms with Crippen LogP contribution in [0.2, 0.25) is 0 Å². The fourth-order valence-corrected chi connectivity index (χ4v) is 2.04. The van der Waals surface area contributed by atoms with Crippen molar-refractivity contribution in [3.63, 3.8) is 0 Å². The standard InChI is InChI=1S/C12H11F2N3O2S/c1-6-3-4-7(5-8(6)18)9(19)15-11-17-16-10(20-11)12(2,13)14/h3-5,18H,1-2H3,(H,15,17,19). The number of nitrogens with one attached hydrogen (secondary N) is 1. The Hall–Kier alpha value is -2.09. The van der Waals surface area contributed by atoms with Gasteiger partial charge in [-0.15, -0.1) is 10.2 Å². The van der Waals surface area contributed by atoms with Gasteiger partial charge in [-0.1, -0.05) is 17.4 Å². The molecule has 2 N–H and O–H groups in total. The van der Waals surface area contributed by atoms with Crippen LogP contribution in [0.25, 0.3) is 0 Å². The number of hydrogen-bond acceptors (Lipinski definition) is 5. The van der Waals surface area contributed by atoms with Crippen LogP contribution in [0.5, 0.6) is 5.75 Å². The number of halogens is 2. The van der Waals surface area contributed by atoms with Crippen LogP contribution in [0.1, 0.15) is 27.9 Å². The van der Waals surface area contributed by atoms with Gasteiger partial charge >= 0.3 is 0 Å². The molecule has 0 spiro atoms. The van der Waals surface area contributed by atoms with Crippen molar-refractivity contribution in [2.24, 2.45) is 0 Å². The van der Waals surface area contributed by atoms with E-state index in [4.69, 9.17) is 0 Å². The minimum Gasteiger partial charge on any atom is -0.508 e. The summed E-state index contributed by atoms with van der Waals surface area (Å²) in [5, 5.41) is 18.2. The maximum atomic E-state index is 13.0.